The number of nitrogens with one attached hydrogen (secondary N) is 2. The fourth-order valence-corrected chi connectivity index (χ4v) is 5.56. The first-order chi connectivity index (χ1) is 16.4. The van der Waals surface area contributed by atoms with Crippen molar-refractivity contribution in [2.45, 2.75) is 44.2 Å². The van der Waals surface area contributed by atoms with Crippen LogP contribution in [-0.4, -0.2) is 37.5 Å². The maximum absolute atomic E-state index is 15.0. The molecule has 0 spiro atoms. The van der Waals surface area contributed by atoms with Crippen molar-refractivity contribution < 1.29 is 18.4 Å². The van der Waals surface area contributed by atoms with Crippen LogP contribution in [0.1, 0.15) is 30.4 Å². The molecule has 1 saturated carbocycles. The summed E-state index contributed by atoms with van der Waals surface area (Å²) in [6.07, 6.45) is 3.27. The van der Waals surface area contributed by atoms with Gasteiger partial charge in [0.1, 0.15) is 6.04 Å². The molecule has 2 aromatic rings. The van der Waals surface area contributed by atoms with Gasteiger partial charge in [-0.3, -0.25) is 9.59 Å². The van der Waals surface area contributed by atoms with Crippen molar-refractivity contribution >= 4 is 17.5 Å². The summed E-state index contributed by atoms with van der Waals surface area (Å²) in [4.78, 5) is 26.2. The quantitative estimate of drug-likeness (QED) is 0.712. The van der Waals surface area contributed by atoms with E-state index in [-0.39, 0.29) is 41.3 Å². The molecule has 2 aliphatic heterocycles. The molecular formula is C26H26F2N4O2. The second kappa shape index (κ2) is 8.80. The molecule has 2 bridgehead atoms. The van der Waals surface area contributed by atoms with E-state index in [2.05, 4.69) is 10.6 Å². The van der Waals surface area contributed by atoms with Crippen LogP contribution in [-0.2, 0) is 22.4 Å². The SMILES string of the molecule is CN1C(=O)Cc2ccc(-c3ccc(CC(C#N)NC(=O)C4NCC5CCC4C5)c(F)c3F)cc21. The third-order valence-corrected chi connectivity index (χ3v) is 7.49. The van der Waals surface area contributed by atoms with Gasteiger partial charge in [-0.1, -0.05) is 24.3 Å². The molecule has 1 saturated heterocycles. The Morgan fingerprint density at radius 2 is 2.09 bits per heavy atom. The average Bonchev–Trinajstić information content (AvgIpc) is 3.34. The number of piperidine rings is 1. The Morgan fingerprint density at radius 3 is 2.88 bits per heavy atom. The predicted molar refractivity (Wildman–Crippen MR) is 123 cm³/mol. The summed E-state index contributed by atoms with van der Waals surface area (Å²) in [5.41, 5.74) is 2.10. The molecule has 3 aliphatic rings. The molecule has 1 aliphatic carbocycles. The average molecular weight is 465 g/mol. The normalized spacial score (nSPS) is 24.0. The van der Waals surface area contributed by atoms with E-state index in [1.54, 1.807) is 25.2 Å². The molecular weight excluding hydrogens is 438 g/mol. The number of amides is 2. The molecule has 8 heteroatoms. The van der Waals surface area contributed by atoms with Gasteiger partial charge in [0.25, 0.3) is 0 Å². The summed E-state index contributed by atoms with van der Waals surface area (Å²) in [5.74, 6) is -1.48. The van der Waals surface area contributed by atoms with Gasteiger partial charge in [-0.25, -0.2) is 8.78 Å². The third kappa shape index (κ3) is 3.94. The summed E-state index contributed by atoms with van der Waals surface area (Å²) in [6.45, 7) is 0.791. The number of likely N-dealkylation sites (N-methyl/N-ethyl adjacent to an activating group) is 1. The van der Waals surface area contributed by atoms with Crippen LogP contribution in [0.2, 0.25) is 0 Å². The summed E-state index contributed by atoms with van der Waals surface area (Å²) >= 11 is 0. The molecule has 2 fully saturated rings. The van der Waals surface area contributed by atoms with Crippen molar-refractivity contribution in [1.29, 1.82) is 5.26 Å². The molecule has 34 heavy (non-hydrogen) atoms. The van der Waals surface area contributed by atoms with Crippen molar-refractivity contribution in [1.82, 2.24) is 10.6 Å². The van der Waals surface area contributed by atoms with Crippen molar-refractivity contribution in [3.63, 3.8) is 0 Å². The monoisotopic (exact) mass is 464 g/mol. The maximum atomic E-state index is 15.0. The highest BCUT2D eigenvalue weighted by Gasteiger charge is 2.39. The second-order valence-corrected chi connectivity index (χ2v) is 9.59. The molecule has 176 valence electrons. The molecule has 0 radical (unpaired) electrons. The van der Waals surface area contributed by atoms with Crippen molar-refractivity contribution in [2.75, 3.05) is 18.5 Å². The standard InChI is InChI=1S/C26H26F2N4O2/c1-32-21-10-15(4-5-16(21)11-22(32)33)20-7-6-17(23(27)24(20)28)9-19(12-29)31-26(34)25-18-3-2-14(8-18)13-30-25/h4-7,10,14,18-19,25,30H,2-3,8-9,11,13H2,1H3,(H,31,34). The predicted octanol–water partition coefficient (Wildman–Crippen LogP) is 3.09. The topological polar surface area (TPSA) is 85.2 Å². The van der Waals surface area contributed by atoms with Crippen LogP contribution in [0.3, 0.4) is 0 Å². The van der Waals surface area contributed by atoms with E-state index in [9.17, 15) is 19.2 Å². The van der Waals surface area contributed by atoms with Gasteiger partial charge in [0, 0.05) is 24.7 Å². The van der Waals surface area contributed by atoms with Gasteiger partial charge >= 0.3 is 0 Å². The van der Waals surface area contributed by atoms with E-state index in [0.717, 1.165) is 31.4 Å². The Bertz CT molecular complexity index is 1210. The van der Waals surface area contributed by atoms with E-state index in [1.165, 1.54) is 17.0 Å². The van der Waals surface area contributed by atoms with Gasteiger partial charge in [-0.15, -0.1) is 0 Å². The number of carbonyl (C=O) groups excluding carboxylic acids is 2. The zero-order chi connectivity index (χ0) is 24.0. The Kier molecular flexibility index (Phi) is 5.82. The minimum atomic E-state index is -1.04. The van der Waals surface area contributed by atoms with Gasteiger partial charge < -0.3 is 15.5 Å². The summed E-state index contributed by atoms with van der Waals surface area (Å²) in [7, 11) is 1.65. The molecule has 0 aromatic heterocycles. The van der Waals surface area contributed by atoms with E-state index < -0.39 is 17.7 Å². The van der Waals surface area contributed by atoms with E-state index in [1.807, 2.05) is 6.07 Å². The zero-order valence-corrected chi connectivity index (χ0v) is 18.9. The Hall–Kier alpha value is -3.31. The first-order valence-electron chi connectivity index (χ1n) is 11.7. The molecule has 2 N–H and O–H groups in total. The number of fused-ring (bicyclic) bond motifs is 3. The highest BCUT2D eigenvalue weighted by molar-refractivity contribution is 6.01. The number of benzene rings is 2. The number of nitrogens with zero attached hydrogens (tertiary/aromatic N) is 2. The first-order valence-corrected chi connectivity index (χ1v) is 11.7. The number of hydrogen-bond donors (Lipinski definition) is 2. The molecule has 4 atom stereocenters. The van der Waals surface area contributed by atoms with E-state index in [0.29, 0.717) is 23.6 Å². The number of rotatable bonds is 5. The van der Waals surface area contributed by atoms with Gasteiger partial charge in [0.2, 0.25) is 11.8 Å². The lowest BCUT2D eigenvalue weighted by Gasteiger charge is -2.29. The lowest BCUT2D eigenvalue weighted by atomic mass is 9.91. The van der Waals surface area contributed by atoms with Crippen LogP contribution in [0.5, 0.6) is 0 Å². The number of carbonyl (C=O) groups is 2. The third-order valence-electron chi connectivity index (χ3n) is 7.49. The molecule has 2 amide bonds. The highest BCUT2D eigenvalue weighted by Crippen LogP contribution is 2.37. The Labute approximate surface area is 196 Å². The largest absolute Gasteiger partial charge is 0.339 e. The molecule has 2 heterocycles. The summed E-state index contributed by atoms with van der Waals surface area (Å²) in [5, 5.41) is 15.5. The van der Waals surface area contributed by atoms with Crippen LogP contribution >= 0.6 is 0 Å². The maximum Gasteiger partial charge on any atom is 0.238 e. The zero-order valence-electron chi connectivity index (χ0n) is 18.9. The van der Waals surface area contributed by atoms with Crippen LogP contribution in [0.4, 0.5) is 14.5 Å². The molecule has 2 aromatic carbocycles. The van der Waals surface area contributed by atoms with Gasteiger partial charge in [-0.05, 0) is 60.4 Å². The Morgan fingerprint density at radius 1 is 1.26 bits per heavy atom. The second-order valence-electron chi connectivity index (χ2n) is 9.59. The molecule has 5 rings (SSSR count). The fourth-order valence-electron chi connectivity index (χ4n) is 5.56. The number of halogens is 2. The Balaban J connectivity index is 1.32. The lowest BCUT2D eigenvalue weighted by Crippen LogP contribution is -2.53. The number of hydrogen-bond acceptors (Lipinski definition) is 4. The summed E-state index contributed by atoms with van der Waals surface area (Å²) < 4.78 is 30.0. The first kappa shape index (κ1) is 22.5. The van der Waals surface area contributed by atoms with E-state index >= 15 is 4.39 Å². The van der Waals surface area contributed by atoms with Crippen LogP contribution in [0, 0.1) is 34.8 Å². The van der Waals surface area contributed by atoms with Crippen molar-refractivity contribution in [2.24, 2.45) is 11.8 Å². The van der Waals surface area contributed by atoms with E-state index in [4.69, 9.17) is 0 Å². The fraction of sp³-hybridized carbons (Fsp3) is 0.423. The van der Waals surface area contributed by atoms with Crippen LogP contribution in [0.25, 0.3) is 11.1 Å². The van der Waals surface area contributed by atoms with Gasteiger partial charge in [0.15, 0.2) is 11.6 Å². The van der Waals surface area contributed by atoms with Crippen LogP contribution in [0.15, 0.2) is 30.3 Å². The minimum Gasteiger partial charge on any atom is -0.339 e. The van der Waals surface area contributed by atoms with Crippen molar-refractivity contribution in [3.8, 4) is 17.2 Å². The molecule has 4 unspecified atom stereocenters. The van der Waals surface area contributed by atoms with Gasteiger partial charge in [-0.2, -0.15) is 5.26 Å². The lowest BCUT2D eigenvalue weighted by molar-refractivity contribution is -0.125. The number of nitriles is 1. The van der Waals surface area contributed by atoms with Gasteiger partial charge in [0.05, 0.1) is 18.5 Å². The molecule has 6 nitrogen and oxygen atoms in total. The summed E-state index contributed by atoms with van der Waals surface area (Å²) in [6, 6.07) is 8.73. The highest BCUT2D eigenvalue weighted by atomic mass is 19.2. The smallest absolute Gasteiger partial charge is 0.238 e. The van der Waals surface area contributed by atoms with Crippen molar-refractivity contribution in [3.05, 3.63) is 53.1 Å². The minimum absolute atomic E-state index is 0.0269. The van der Waals surface area contributed by atoms with Crippen LogP contribution < -0.4 is 15.5 Å². The number of anilines is 1.